The van der Waals surface area contributed by atoms with Crippen LogP contribution in [0, 0.1) is 17.0 Å². The monoisotopic (exact) mass is 244 g/mol. The first-order valence-corrected chi connectivity index (χ1v) is 5.24. The average molecular weight is 244 g/mol. The maximum atomic E-state index is 11.3. The Morgan fingerprint density at radius 2 is 2.44 bits per heavy atom. The Hall–Kier alpha value is -1.57. The highest BCUT2D eigenvalue weighted by atomic mass is 32.1. The SMILES string of the molecule is Cc1c([N+](=O)[O-])cnn1CC(=O)NCCS. The van der Waals surface area contributed by atoms with Crippen LogP contribution in [0.2, 0.25) is 0 Å². The van der Waals surface area contributed by atoms with Gasteiger partial charge in [0.1, 0.15) is 18.4 Å². The van der Waals surface area contributed by atoms with Crippen molar-refractivity contribution in [2.24, 2.45) is 0 Å². The summed E-state index contributed by atoms with van der Waals surface area (Å²) < 4.78 is 1.30. The molecule has 0 aliphatic heterocycles. The van der Waals surface area contributed by atoms with Crippen LogP contribution in [0.4, 0.5) is 5.69 Å². The molecular formula is C8H12N4O3S. The number of rotatable bonds is 5. The van der Waals surface area contributed by atoms with Crippen molar-refractivity contribution < 1.29 is 9.72 Å². The second-order valence-corrected chi connectivity index (χ2v) is 3.55. The number of hydrogen-bond acceptors (Lipinski definition) is 5. The lowest BCUT2D eigenvalue weighted by atomic mass is 10.4. The summed E-state index contributed by atoms with van der Waals surface area (Å²) in [6.07, 6.45) is 1.14. The molecule has 1 amide bonds. The van der Waals surface area contributed by atoms with Crippen LogP contribution >= 0.6 is 12.6 Å². The van der Waals surface area contributed by atoms with Crippen LogP contribution < -0.4 is 5.32 Å². The van der Waals surface area contributed by atoms with E-state index >= 15 is 0 Å². The highest BCUT2D eigenvalue weighted by Crippen LogP contribution is 2.15. The Morgan fingerprint density at radius 1 is 1.75 bits per heavy atom. The van der Waals surface area contributed by atoms with Gasteiger partial charge >= 0.3 is 5.69 Å². The summed E-state index contributed by atoms with van der Waals surface area (Å²) in [6.45, 7) is 1.99. The van der Waals surface area contributed by atoms with Crippen LogP contribution in [0.25, 0.3) is 0 Å². The van der Waals surface area contributed by atoms with Crippen LogP contribution in [0.1, 0.15) is 5.69 Å². The van der Waals surface area contributed by atoms with Crippen molar-refractivity contribution in [2.75, 3.05) is 12.3 Å². The number of thiol groups is 1. The third kappa shape index (κ3) is 2.96. The summed E-state index contributed by atoms with van der Waals surface area (Å²) in [5.41, 5.74) is 0.285. The maximum absolute atomic E-state index is 11.3. The van der Waals surface area contributed by atoms with E-state index in [0.717, 1.165) is 6.20 Å². The molecule has 7 nitrogen and oxygen atoms in total. The lowest BCUT2D eigenvalue weighted by molar-refractivity contribution is -0.385. The van der Waals surface area contributed by atoms with Gasteiger partial charge in [0.25, 0.3) is 0 Å². The van der Waals surface area contributed by atoms with Crippen LogP contribution in [0.3, 0.4) is 0 Å². The molecule has 88 valence electrons. The number of carbonyl (C=O) groups is 1. The first kappa shape index (κ1) is 12.5. The summed E-state index contributed by atoms with van der Waals surface area (Å²) in [4.78, 5) is 21.3. The topological polar surface area (TPSA) is 90.1 Å². The highest BCUT2D eigenvalue weighted by Gasteiger charge is 2.17. The zero-order chi connectivity index (χ0) is 12.1. The van der Waals surface area contributed by atoms with Gasteiger partial charge in [-0.15, -0.1) is 0 Å². The molecule has 0 aliphatic rings. The molecule has 0 atom stereocenters. The first-order chi connectivity index (χ1) is 7.56. The van der Waals surface area contributed by atoms with Crippen molar-refractivity contribution >= 4 is 24.2 Å². The van der Waals surface area contributed by atoms with E-state index in [1.54, 1.807) is 6.92 Å². The van der Waals surface area contributed by atoms with Gasteiger partial charge in [0.15, 0.2) is 0 Å². The van der Waals surface area contributed by atoms with Gasteiger partial charge in [0.05, 0.1) is 4.92 Å². The van der Waals surface area contributed by atoms with Crippen molar-refractivity contribution in [3.8, 4) is 0 Å². The molecule has 0 saturated carbocycles. The van der Waals surface area contributed by atoms with Crippen LogP contribution in [0.15, 0.2) is 6.20 Å². The van der Waals surface area contributed by atoms with Gasteiger partial charge < -0.3 is 5.32 Å². The van der Waals surface area contributed by atoms with Gasteiger partial charge in [0, 0.05) is 12.3 Å². The Kier molecular flexibility index (Phi) is 4.29. The molecule has 0 fully saturated rings. The van der Waals surface area contributed by atoms with E-state index in [4.69, 9.17) is 0 Å². The second kappa shape index (κ2) is 5.50. The van der Waals surface area contributed by atoms with Gasteiger partial charge in [-0.2, -0.15) is 17.7 Å². The first-order valence-electron chi connectivity index (χ1n) is 4.60. The third-order valence-electron chi connectivity index (χ3n) is 2.00. The van der Waals surface area contributed by atoms with Gasteiger partial charge in [-0.05, 0) is 6.92 Å². The number of amides is 1. The molecule has 0 unspecified atom stereocenters. The largest absolute Gasteiger partial charge is 0.354 e. The molecule has 16 heavy (non-hydrogen) atoms. The molecule has 1 N–H and O–H groups in total. The number of nitro groups is 1. The maximum Gasteiger partial charge on any atom is 0.309 e. The molecule has 0 saturated heterocycles. The van der Waals surface area contributed by atoms with E-state index < -0.39 is 4.92 Å². The Balaban J connectivity index is 2.68. The Labute approximate surface area is 97.4 Å². The molecule has 1 rings (SSSR count). The summed E-state index contributed by atoms with van der Waals surface area (Å²) in [7, 11) is 0. The lowest BCUT2D eigenvalue weighted by Crippen LogP contribution is -2.29. The molecule has 1 aromatic heterocycles. The van der Waals surface area contributed by atoms with Crippen LogP contribution in [0.5, 0.6) is 0 Å². The number of nitrogens with one attached hydrogen (secondary N) is 1. The smallest absolute Gasteiger partial charge is 0.309 e. The lowest BCUT2D eigenvalue weighted by Gasteiger charge is -2.04. The number of carbonyl (C=O) groups excluding carboxylic acids is 1. The van der Waals surface area contributed by atoms with E-state index in [9.17, 15) is 14.9 Å². The predicted molar refractivity (Wildman–Crippen MR) is 60.5 cm³/mol. The second-order valence-electron chi connectivity index (χ2n) is 3.10. The fraction of sp³-hybridized carbons (Fsp3) is 0.500. The number of aromatic nitrogens is 2. The molecule has 0 aliphatic carbocycles. The van der Waals surface area contributed by atoms with Gasteiger partial charge in [-0.3, -0.25) is 19.6 Å². The van der Waals surface area contributed by atoms with Crippen molar-refractivity contribution in [2.45, 2.75) is 13.5 Å². The summed E-state index contributed by atoms with van der Waals surface area (Å²) in [5, 5.41) is 16.9. The summed E-state index contributed by atoms with van der Waals surface area (Å²) in [6, 6.07) is 0. The number of nitrogens with zero attached hydrogens (tertiary/aromatic N) is 3. The summed E-state index contributed by atoms with van der Waals surface area (Å²) >= 11 is 3.95. The molecule has 8 heteroatoms. The minimum atomic E-state index is -0.523. The Bertz CT molecular complexity index is 404. The molecule has 0 spiro atoms. The average Bonchev–Trinajstić information content (AvgIpc) is 2.57. The zero-order valence-corrected chi connectivity index (χ0v) is 9.61. The molecule has 0 radical (unpaired) electrons. The standard InChI is InChI=1S/C8H12N4O3S/c1-6-7(12(14)15)4-10-11(6)5-8(13)9-2-3-16/h4,16H,2-3,5H2,1H3,(H,9,13). The number of hydrogen-bond donors (Lipinski definition) is 2. The Morgan fingerprint density at radius 3 is 2.94 bits per heavy atom. The predicted octanol–water partition coefficient (Wildman–Crippen LogP) is 0.146. The summed E-state index contributed by atoms with van der Waals surface area (Å²) in [5.74, 6) is 0.305. The van der Waals surface area contributed by atoms with Gasteiger partial charge in [0.2, 0.25) is 5.91 Å². The van der Waals surface area contributed by atoms with Gasteiger partial charge in [-0.25, -0.2) is 0 Å². The van der Waals surface area contributed by atoms with Gasteiger partial charge in [-0.1, -0.05) is 0 Å². The van der Waals surface area contributed by atoms with Crippen molar-refractivity contribution in [1.82, 2.24) is 15.1 Å². The van der Waals surface area contributed by atoms with Crippen LogP contribution in [-0.2, 0) is 11.3 Å². The normalized spacial score (nSPS) is 10.1. The van der Waals surface area contributed by atoms with E-state index in [2.05, 4.69) is 23.0 Å². The van der Waals surface area contributed by atoms with Crippen molar-refractivity contribution in [3.05, 3.63) is 22.0 Å². The third-order valence-corrected chi connectivity index (χ3v) is 2.22. The molecular weight excluding hydrogens is 232 g/mol. The molecule has 1 heterocycles. The van der Waals surface area contributed by atoms with E-state index in [0.29, 0.717) is 18.0 Å². The molecule has 0 bridgehead atoms. The quantitative estimate of drug-likeness (QED) is 0.438. The zero-order valence-electron chi connectivity index (χ0n) is 8.71. The molecule has 0 aromatic carbocycles. The minimum absolute atomic E-state index is 0.0204. The van der Waals surface area contributed by atoms with E-state index in [-0.39, 0.29) is 18.1 Å². The highest BCUT2D eigenvalue weighted by molar-refractivity contribution is 7.80. The van der Waals surface area contributed by atoms with Crippen molar-refractivity contribution in [1.29, 1.82) is 0 Å². The minimum Gasteiger partial charge on any atom is -0.354 e. The van der Waals surface area contributed by atoms with Crippen molar-refractivity contribution in [3.63, 3.8) is 0 Å². The fourth-order valence-electron chi connectivity index (χ4n) is 1.16. The van der Waals surface area contributed by atoms with E-state index in [1.165, 1.54) is 4.68 Å². The van der Waals surface area contributed by atoms with E-state index in [1.807, 2.05) is 0 Å². The molecule has 1 aromatic rings. The van der Waals surface area contributed by atoms with Crippen LogP contribution in [-0.4, -0.2) is 32.9 Å². The fourth-order valence-corrected chi connectivity index (χ4v) is 1.27.